The first-order valence-electron chi connectivity index (χ1n) is 9.93. The van der Waals surface area contributed by atoms with Crippen LogP contribution < -0.4 is 10.1 Å². The van der Waals surface area contributed by atoms with Gasteiger partial charge in [-0.15, -0.1) is 0 Å². The zero-order valence-electron chi connectivity index (χ0n) is 16.5. The number of fused-ring (bicyclic) bond motifs is 1. The van der Waals surface area contributed by atoms with Gasteiger partial charge in [0.25, 0.3) is 0 Å². The van der Waals surface area contributed by atoms with Crippen LogP contribution in [-0.4, -0.2) is 46.0 Å². The van der Waals surface area contributed by atoms with Crippen LogP contribution >= 0.6 is 0 Å². The Balaban J connectivity index is 1.30. The molecule has 7 heteroatoms. The summed E-state index contributed by atoms with van der Waals surface area (Å²) in [5.41, 5.74) is 2.41. The number of carboxylic acids is 1. The normalized spacial score (nSPS) is 16.5. The van der Waals surface area contributed by atoms with Crippen LogP contribution in [0.5, 0.6) is 5.75 Å². The molecule has 4 rings (SSSR count). The van der Waals surface area contributed by atoms with Crippen molar-refractivity contribution in [2.24, 2.45) is 0 Å². The molecule has 2 heterocycles. The van der Waals surface area contributed by atoms with E-state index >= 15 is 0 Å². The molecule has 2 N–H and O–H groups in total. The number of carbonyl (C=O) groups is 2. The van der Waals surface area contributed by atoms with Crippen LogP contribution in [0.4, 0.5) is 5.69 Å². The predicted molar refractivity (Wildman–Crippen MR) is 113 cm³/mol. The molecule has 7 nitrogen and oxygen atoms in total. The third kappa shape index (κ3) is 4.75. The first-order chi connectivity index (χ1) is 14.6. The van der Waals surface area contributed by atoms with Gasteiger partial charge in [0.15, 0.2) is 0 Å². The zero-order valence-corrected chi connectivity index (χ0v) is 16.5. The highest BCUT2D eigenvalue weighted by atomic mass is 16.5. The van der Waals surface area contributed by atoms with Crippen molar-refractivity contribution < 1.29 is 19.4 Å². The van der Waals surface area contributed by atoms with Crippen molar-refractivity contribution in [1.82, 2.24) is 9.88 Å². The molecule has 0 bridgehead atoms. The van der Waals surface area contributed by atoms with Crippen LogP contribution in [0.2, 0.25) is 0 Å². The minimum Gasteiger partial charge on any atom is -0.487 e. The molecule has 1 aromatic heterocycles. The number of para-hydroxylation sites is 1. The molecule has 1 fully saturated rings. The van der Waals surface area contributed by atoms with Gasteiger partial charge in [0.05, 0.1) is 17.8 Å². The number of benzene rings is 2. The SMILES string of the molecule is O=C(CN1CCC[C@@H]1C(=O)O)Nc1ccc(OCc2ccc3ccccc3n2)cc1. The number of pyridine rings is 1. The minimum atomic E-state index is -0.872. The van der Waals surface area contributed by atoms with Crippen molar-refractivity contribution in [3.63, 3.8) is 0 Å². The Morgan fingerprint density at radius 3 is 2.70 bits per heavy atom. The second-order valence-corrected chi connectivity index (χ2v) is 7.32. The zero-order chi connectivity index (χ0) is 20.9. The van der Waals surface area contributed by atoms with Crippen molar-refractivity contribution in [3.05, 3.63) is 66.4 Å². The molecule has 30 heavy (non-hydrogen) atoms. The van der Waals surface area contributed by atoms with Crippen molar-refractivity contribution in [1.29, 1.82) is 0 Å². The summed E-state index contributed by atoms with van der Waals surface area (Å²) in [5.74, 6) is -0.423. The van der Waals surface area contributed by atoms with Gasteiger partial charge in [-0.1, -0.05) is 24.3 Å². The molecule has 1 aliphatic heterocycles. The highest BCUT2D eigenvalue weighted by Crippen LogP contribution is 2.20. The van der Waals surface area contributed by atoms with Crippen molar-refractivity contribution in [3.8, 4) is 5.75 Å². The first kappa shape index (κ1) is 19.8. The molecule has 0 radical (unpaired) electrons. The number of likely N-dealkylation sites (tertiary alicyclic amines) is 1. The molecule has 2 aromatic carbocycles. The van der Waals surface area contributed by atoms with E-state index in [2.05, 4.69) is 10.3 Å². The van der Waals surface area contributed by atoms with Crippen LogP contribution in [0.1, 0.15) is 18.5 Å². The van der Waals surface area contributed by atoms with Gasteiger partial charge in [-0.25, -0.2) is 4.98 Å². The average Bonchev–Trinajstić information content (AvgIpc) is 3.21. The van der Waals surface area contributed by atoms with E-state index in [0.29, 0.717) is 31.0 Å². The molecule has 1 atom stereocenters. The molecule has 3 aromatic rings. The number of aliphatic carboxylic acids is 1. The summed E-state index contributed by atoms with van der Waals surface area (Å²) < 4.78 is 5.80. The number of nitrogens with zero attached hydrogens (tertiary/aromatic N) is 2. The number of aromatic nitrogens is 1. The molecule has 1 saturated heterocycles. The lowest BCUT2D eigenvalue weighted by Crippen LogP contribution is -2.40. The topological polar surface area (TPSA) is 91.8 Å². The fraction of sp³-hybridized carbons (Fsp3) is 0.261. The van der Waals surface area contributed by atoms with E-state index in [4.69, 9.17) is 4.74 Å². The van der Waals surface area contributed by atoms with Gasteiger partial charge in [0.1, 0.15) is 18.4 Å². The fourth-order valence-electron chi connectivity index (χ4n) is 3.66. The van der Waals surface area contributed by atoms with E-state index in [1.807, 2.05) is 36.4 Å². The van der Waals surface area contributed by atoms with Crippen LogP contribution in [0.15, 0.2) is 60.7 Å². The third-order valence-corrected chi connectivity index (χ3v) is 5.18. The number of nitrogens with one attached hydrogen (secondary N) is 1. The van der Waals surface area contributed by atoms with Crippen molar-refractivity contribution in [2.75, 3.05) is 18.4 Å². The first-order valence-corrected chi connectivity index (χ1v) is 9.93. The Morgan fingerprint density at radius 2 is 1.90 bits per heavy atom. The summed E-state index contributed by atoms with van der Waals surface area (Å²) in [7, 11) is 0. The molecular weight excluding hydrogens is 382 g/mol. The second kappa shape index (κ2) is 8.92. The van der Waals surface area contributed by atoms with E-state index in [9.17, 15) is 14.7 Å². The van der Waals surface area contributed by atoms with Gasteiger partial charge in [0.2, 0.25) is 5.91 Å². The number of carboxylic acid groups (broad SMARTS) is 1. The molecule has 0 unspecified atom stereocenters. The number of hydrogen-bond acceptors (Lipinski definition) is 5. The van der Waals surface area contributed by atoms with E-state index < -0.39 is 12.0 Å². The minimum absolute atomic E-state index is 0.0723. The van der Waals surface area contributed by atoms with E-state index in [-0.39, 0.29) is 12.5 Å². The Morgan fingerprint density at radius 1 is 1.10 bits per heavy atom. The van der Waals surface area contributed by atoms with E-state index in [1.54, 1.807) is 29.2 Å². The Bertz CT molecular complexity index is 1050. The summed E-state index contributed by atoms with van der Waals surface area (Å²) >= 11 is 0. The second-order valence-electron chi connectivity index (χ2n) is 7.32. The van der Waals surface area contributed by atoms with Crippen LogP contribution in [0, 0.1) is 0 Å². The Labute approximate surface area is 174 Å². The monoisotopic (exact) mass is 405 g/mol. The molecule has 1 amide bonds. The van der Waals surface area contributed by atoms with E-state index in [0.717, 1.165) is 23.0 Å². The van der Waals surface area contributed by atoms with Gasteiger partial charge in [-0.2, -0.15) is 0 Å². The van der Waals surface area contributed by atoms with Gasteiger partial charge < -0.3 is 15.2 Å². The summed E-state index contributed by atoms with van der Waals surface area (Å²) in [6.45, 7) is 1.05. The van der Waals surface area contributed by atoms with Gasteiger partial charge >= 0.3 is 5.97 Å². The molecule has 0 spiro atoms. The molecule has 154 valence electrons. The number of anilines is 1. The summed E-state index contributed by atoms with van der Waals surface area (Å²) in [6.07, 6.45) is 1.38. The maximum Gasteiger partial charge on any atom is 0.320 e. The smallest absolute Gasteiger partial charge is 0.320 e. The number of ether oxygens (including phenoxy) is 1. The van der Waals surface area contributed by atoms with Gasteiger partial charge in [-0.05, 0) is 55.8 Å². The number of hydrogen-bond donors (Lipinski definition) is 2. The van der Waals surface area contributed by atoms with Crippen molar-refractivity contribution >= 4 is 28.5 Å². The van der Waals surface area contributed by atoms with Gasteiger partial charge in [-0.3, -0.25) is 14.5 Å². The Hall–Kier alpha value is -3.45. The average molecular weight is 405 g/mol. The Kier molecular flexibility index (Phi) is 5.90. The molecule has 0 aliphatic carbocycles. The summed E-state index contributed by atoms with van der Waals surface area (Å²) in [4.78, 5) is 29.8. The van der Waals surface area contributed by atoms with E-state index in [1.165, 1.54) is 0 Å². The van der Waals surface area contributed by atoms with Crippen LogP contribution in [-0.2, 0) is 16.2 Å². The van der Waals surface area contributed by atoms with Crippen molar-refractivity contribution in [2.45, 2.75) is 25.5 Å². The third-order valence-electron chi connectivity index (χ3n) is 5.18. The largest absolute Gasteiger partial charge is 0.487 e. The lowest BCUT2D eigenvalue weighted by Gasteiger charge is -2.20. The lowest BCUT2D eigenvalue weighted by molar-refractivity contribution is -0.142. The molecular formula is C23H23N3O4. The highest BCUT2D eigenvalue weighted by molar-refractivity contribution is 5.92. The molecule has 0 saturated carbocycles. The maximum absolute atomic E-state index is 12.3. The number of amides is 1. The summed E-state index contributed by atoms with van der Waals surface area (Å²) in [5, 5.41) is 13.1. The fourth-order valence-corrected chi connectivity index (χ4v) is 3.66. The lowest BCUT2D eigenvalue weighted by atomic mass is 10.2. The predicted octanol–water partition coefficient (Wildman–Crippen LogP) is 3.30. The maximum atomic E-state index is 12.3. The summed E-state index contributed by atoms with van der Waals surface area (Å²) in [6, 6.07) is 18.4. The quantitative estimate of drug-likeness (QED) is 0.627. The van der Waals surface area contributed by atoms with Gasteiger partial charge in [0, 0.05) is 11.1 Å². The molecule has 1 aliphatic rings. The number of rotatable bonds is 7. The number of carbonyl (C=O) groups excluding carboxylic acids is 1. The highest BCUT2D eigenvalue weighted by Gasteiger charge is 2.31. The van der Waals surface area contributed by atoms with Crippen LogP contribution in [0.25, 0.3) is 10.9 Å². The van der Waals surface area contributed by atoms with Crippen LogP contribution in [0.3, 0.4) is 0 Å². The standard InChI is InChI=1S/C23H23N3O4/c27-22(14-26-13-3-6-21(26)23(28)29)25-17-9-11-19(12-10-17)30-15-18-8-7-16-4-1-2-5-20(16)24-18/h1-2,4-5,7-12,21H,3,6,13-15H2,(H,25,27)(H,28,29)/t21-/m1/s1.